The molecule has 0 N–H and O–H groups in total. The maximum Gasteiger partial charge on any atom is 0.491 e. The fraction of sp³-hybridized carbons (Fsp3) is 0.273. The number of sulfone groups is 1. The monoisotopic (exact) mass is 715 g/mol. The molecule has 0 aliphatic carbocycles. The molecule has 0 spiro atoms. The number of likely N-dealkylation sites (tertiary alicyclic amines) is 1. The number of thiophene rings is 1. The molecule has 250 valence electrons. The van der Waals surface area contributed by atoms with Crippen LogP contribution in [0.4, 0.5) is 13.2 Å². The summed E-state index contributed by atoms with van der Waals surface area (Å²) in [7, 11) is -3.38. The second-order valence-electron chi connectivity index (χ2n) is 11.3. The Morgan fingerprint density at radius 1 is 1.00 bits per heavy atom. The van der Waals surface area contributed by atoms with Crippen molar-refractivity contribution in [2.75, 3.05) is 19.3 Å². The highest BCUT2D eigenvalue weighted by atomic mass is 32.2. The maximum absolute atomic E-state index is 12.8. The van der Waals surface area contributed by atoms with Gasteiger partial charge in [0.25, 0.3) is 0 Å². The van der Waals surface area contributed by atoms with Gasteiger partial charge in [0.05, 0.1) is 21.2 Å². The Labute approximate surface area is 281 Å². The highest BCUT2D eigenvalue weighted by molar-refractivity contribution is 7.90. The average molecular weight is 716 g/mol. The highest BCUT2D eigenvalue weighted by Gasteiger charge is 2.45. The van der Waals surface area contributed by atoms with Crippen molar-refractivity contribution in [2.45, 2.75) is 42.8 Å². The molecule has 15 heteroatoms. The van der Waals surface area contributed by atoms with Crippen LogP contribution in [0.25, 0.3) is 33.6 Å². The molecule has 3 aromatic heterocycles. The van der Waals surface area contributed by atoms with E-state index in [1.165, 1.54) is 28.9 Å². The minimum atomic E-state index is -5.28. The molecule has 9 nitrogen and oxygen atoms in total. The number of carbonyl (C=O) groups excluding carboxylic acids is 2. The van der Waals surface area contributed by atoms with E-state index in [0.29, 0.717) is 48.0 Å². The minimum absolute atomic E-state index is 0.0332. The summed E-state index contributed by atoms with van der Waals surface area (Å²) in [5, 5.41) is 8.83. The molecule has 0 bridgehead atoms. The molecular weight excluding hydrogens is 688 g/mol. The van der Waals surface area contributed by atoms with Gasteiger partial charge in [0.2, 0.25) is 0 Å². The zero-order valence-corrected chi connectivity index (χ0v) is 28.0. The molecule has 1 saturated heterocycles. The number of thiazole rings is 1. The van der Waals surface area contributed by atoms with Crippen molar-refractivity contribution in [3.05, 3.63) is 87.1 Å². The number of aromatic nitrogens is 2. The first kappa shape index (κ1) is 33.7. The van der Waals surface area contributed by atoms with Gasteiger partial charge in [-0.2, -0.15) is 13.2 Å². The molecule has 1 unspecified atom stereocenters. The molecule has 1 aliphatic heterocycles. The lowest BCUT2D eigenvalue weighted by atomic mass is 9.95. The number of ether oxygens (including phenoxy) is 1. The number of hydrogen-bond donors (Lipinski definition) is 0. The Morgan fingerprint density at radius 3 is 2.35 bits per heavy atom. The van der Waals surface area contributed by atoms with Gasteiger partial charge in [0, 0.05) is 28.0 Å². The number of piperidine rings is 1. The van der Waals surface area contributed by atoms with E-state index in [2.05, 4.69) is 9.89 Å². The van der Waals surface area contributed by atoms with E-state index in [-0.39, 0.29) is 10.8 Å². The largest absolute Gasteiger partial charge is 0.491 e. The van der Waals surface area contributed by atoms with Crippen LogP contribution >= 0.6 is 22.7 Å². The van der Waals surface area contributed by atoms with Crippen LogP contribution in [0.2, 0.25) is 0 Å². The average Bonchev–Trinajstić information content (AvgIpc) is 3.83. The molecule has 0 amide bonds. The topological polar surface area (TPSA) is 120 Å². The van der Waals surface area contributed by atoms with Crippen molar-refractivity contribution in [1.29, 1.82) is 0 Å². The van der Waals surface area contributed by atoms with Gasteiger partial charge in [-0.15, -0.1) is 22.7 Å². The lowest BCUT2D eigenvalue weighted by Crippen LogP contribution is -2.41. The third-order valence-corrected chi connectivity index (χ3v) is 11.1. The summed E-state index contributed by atoms with van der Waals surface area (Å²) in [6.07, 6.45) is -2.94. The Balaban J connectivity index is 1.20. The van der Waals surface area contributed by atoms with Gasteiger partial charge in [-0.3, -0.25) is 4.90 Å². The Kier molecular flexibility index (Phi) is 9.40. The number of aryl methyl sites for hydroxylation is 1. The van der Waals surface area contributed by atoms with Gasteiger partial charge >= 0.3 is 18.1 Å². The van der Waals surface area contributed by atoms with Crippen molar-refractivity contribution in [3.63, 3.8) is 0 Å². The standard InChI is InChI=1S/C33H28F3N3O6S3/c1-19-27(28(38-45-19)23-8-3-6-21(16-23)22-7-4-9-24(17-22)48(2,42)43)25-18-47-30(37-25)20-11-13-39(14-12-20)29(26-10-5-15-46-26)31(40)44-32(41)33(34,35)36/h3-10,15-18,20,29H,11-14H2,1-2H3. The maximum atomic E-state index is 12.8. The van der Waals surface area contributed by atoms with E-state index in [0.717, 1.165) is 27.3 Å². The number of alkyl halides is 3. The number of halogens is 3. The van der Waals surface area contributed by atoms with Crippen LogP contribution in [0.1, 0.15) is 40.4 Å². The van der Waals surface area contributed by atoms with Gasteiger partial charge < -0.3 is 9.26 Å². The molecule has 1 aliphatic rings. The fourth-order valence-electron chi connectivity index (χ4n) is 5.71. The predicted octanol–water partition coefficient (Wildman–Crippen LogP) is 7.46. The van der Waals surface area contributed by atoms with Crippen LogP contribution in [-0.4, -0.2) is 60.9 Å². The van der Waals surface area contributed by atoms with Crippen molar-refractivity contribution >= 4 is 44.4 Å². The van der Waals surface area contributed by atoms with Crippen molar-refractivity contribution in [1.82, 2.24) is 15.0 Å². The Morgan fingerprint density at radius 2 is 1.69 bits per heavy atom. The van der Waals surface area contributed by atoms with E-state index in [1.54, 1.807) is 47.5 Å². The van der Waals surface area contributed by atoms with E-state index >= 15 is 0 Å². The first-order chi connectivity index (χ1) is 22.8. The first-order valence-electron chi connectivity index (χ1n) is 14.7. The molecule has 0 radical (unpaired) electrons. The summed E-state index contributed by atoms with van der Waals surface area (Å²) in [5.74, 6) is -3.18. The van der Waals surface area contributed by atoms with Crippen LogP contribution in [0.3, 0.4) is 0 Å². The van der Waals surface area contributed by atoms with Crippen molar-refractivity contribution in [2.24, 2.45) is 0 Å². The van der Waals surface area contributed by atoms with Gasteiger partial charge in [0.15, 0.2) is 9.84 Å². The normalized spacial score (nSPS) is 15.4. The number of esters is 2. The van der Waals surface area contributed by atoms with Crippen LogP contribution in [-0.2, 0) is 24.2 Å². The van der Waals surface area contributed by atoms with Gasteiger partial charge in [-0.1, -0.05) is 41.6 Å². The predicted molar refractivity (Wildman–Crippen MR) is 174 cm³/mol. The fourth-order valence-corrected chi connectivity index (χ4v) is 8.21. The zero-order chi connectivity index (χ0) is 34.2. The SMILES string of the molecule is Cc1onc(-c2cccc(-c3cccc(S(C)(=O)=O)c3)c2)c1-c1csc(C2CCN(C(C(=O)OC(=O)C(F)(F)F)c3cccs3)CC2)n1. The first-order valence-corrected chi connectivity index (χ1v) is 18.4. The molecule has 4 heterocycles. The quantitative estimate of drug-likeness (QED) is 0.119. The number of nitrogens with zero attached hydrogens (tertiary/aromatic N) is 3. The summed E-state index contributed by atoms with van der Waals surface area (Å²) in [6, 6.07) is 16.5. The third-order valence-electron chi connectivity index (χ3n) is 8.08. The van der Waals surface area contributed by atoms with Crippen LogP contribution in [0, 0.1) is 6.92 Å². The van der Waals surface area contributed by atoms with Gasteiger partial charge in [0.1, 0.15) is 17.5 Å². The van der Waals surface area contributed by atoms with Gasteiger partial charge in [-0.25, -0.2) is 23.0 Å². The number of hydrogen-bond acceptors (Lipinski definition) is 11. The second kappa shape index (κ2) is 13.4. The van der Waals surface area contributed by atoms with E-state index < -0.39 is 34.0 Å². The van der Waals surface area contributed by atoms with E-state index in [9.17, 15) is 31.2 Å². The smallest absolute Gasteiger partial charge is 0.385 e. The number of rotatable bonds is 8. The highest BCUT2D eigenvalue weighted by Crippen LogP contribution is 2.40. The second-order valence-corrected chi connectivity index (χ2v) is 15.2. The molecule has 2 aromatic carbocycles. The summed E-state index contributed by atoms with van der Waals surface area (Å²) < 4.78 is 72.5. The molecule has 6 rings (SSSR count). The Hall–Kier alpha value is -4.18. The molecule has 1 atom stereocenters. The lowest BCUT2D eigenvalue weighted by Gasteiger charge is -2.35. The molecule has 48 heavy (non-hydrogen) atoms. The van der Waals surface area contributed by atoms with Crippen LogP contribution in [0.15, 0.2) is 80.8 Å². The minimum Gasteiger partial charge on any atom is -0.385 e. The van der Waals surface area contributed by atoms with E-state index in [1.807, 2.05) is 35.7 Å². The summed E-state index contributed by atoms with van der Waals surface area (Å²) >= 11 is 2.68. The summed E-state index contributed by atoms with van der Waals surface area (Å²) in [5.41, 5.74) is 4.31. The summed E-state index contributed by atoms with van der Waals surface area (Å²) in [4.78, 5) is 31.6. The molecule has 0 saturated carbocycles. The Bertz CT molecular complexity index is 2060. The zero-order valence-electron chi connectivity index (χ0n) is 25.6. The van der Waals surface area contributed by atoms with Gasteiger partial charge in [-0.05, 0) is 73.6 Å². The summed E-state index contributed by atoms with van der Waals surface area (Å²) in [6.45, 7) is 2.56. The molecule has 5 aromatic rings. The van der Waals surface area contributed by atoms with Crippen molar-refractivity contribution in [3.8, 4) is 33.6 Å². The number of benzene rings is 2. The lowest BCUT2D eigenvalue weighted by molar-refractivity contribution is -0.203. The van der Waals surface area contributed by atoms with E-state index in [4.69, 9.17) is 9.51 Å². The third kappa shape index (κ3) is 7.14. The van der Waals surface area contributed by atoms with Crippen LogP contribution in [0.5, 0.6) is 0 Å². The van der Waals surface area contributed by atoms with Crippen molar-refractivity contribution < 1.29 is 40.4 Å². The molecular formula is C33H28F3N3O6S3. The molecule has 1 fully saturated rings. The number of carbonyl (C=O) groups is 2. The van der Waals surface area contributed by atoms with Crippen LogP contribution < -0.4 is 0 Å².